The molecule has 1 aromatic carbocycles. The number of halogens is 1. The van der Waals surface area contributed by atoms with Crippen molar-refractivity contribution in [3.63, 3.8) is 0 Å². The Bertz CT molecular complexity index is 705. The molecule has 0 radical (unpaired) electrons. The van der Waals surface area contributed by atoms with Gasteiger partial charge in [0, 0.05) is 57.4 Å². The molecule has 1 fully saturated rings. The van der Waals surface area contributed by atoms with E-state index in [0.29, 0.717) is 18.7 Å². The van der Waals surface area contributed by atoms with Gasteiger partial charge in [0.05, 0.1) is 13.2 Å². The molecule has 176 valence electrons. The normalized spacial score (nSPS) is 15.4. The second kappa shape index (κ2) is 13.9. The maximum atomic E-state index is 12.3. The number of likely N-dealkylation sites (N-methyl/N-ethyl adjacent to an activating group) is 1. The summed E-state index contributed by atoms with van der Waals surface area (Å²) in [4.78, 5) is 21.2. The molecule has 1 heterocycles. The van der Waals surface area contributed by atoms with Gasteiger partial charge in [-0.2, -0.15) is 0 Å². The zero-order valence-corrected chi connectivity index (χ0v) is 21.9. The Labute approximate surface area is 204 Å². The summed E-state index contributed by atoms with van der Waals surface area (Å²) in [6.07, 6.45) is 0. The number of carbonyl (C=O) groups is 1. The average Bonchev–Trinajstić information content (AvgIpc) is 2.74. The number of guanidine groups is 1. The van der Waals surface area contributed by atoms with Crippen molar-refractivity contribution in [2.45, 2.75) is 25.9 Å². The van der Waals surface area contributed by atoms with Gasteiger partial charge in [-0.25, -0.2) is 0 Å². The highest BCUT2D eigenvalue weighted by atomic mass is 127. The SMILES string of the molecule is CN=C(NCc1cccc(C(=O)NCCN(C)C)c1)NCC(C)(C)N1CCOCC1.I. The molecule has 0 spiro atoms. The fourth-order valence-electron chi connectivity index (χ4n) is 3.30. The summed E-state index contributed by atoms with van der Waals surface area (Å²) in [5.74, 6) is 0.700. The lowest BCUT2D eigenvalue weighted by Gasteiger charge is -2.41. The summed E-state index contributed by atoms with van der Waals surface area (Å²) in [5.41, 5.74) is 1.71. The number of amides is 1. The Morgan fingerprint density at radius 1 is 1.19 bits per heavy atom. The van der Waals surface area contributed by atoms with Crippen LogP contribution < -0.4 is 16.0 Å². The van der Waals surface area contributed by atoms with E-state index in [2.05, 4.69) is 39.7 Å². The number of benzene rings is 1. The van der Waals surface area contributed by atoms with Gasteiger partial charge in [0.15, 0.2) is 5.96 Å². The molecule has 1 aliphatic rings. The minimum Gasteiger partial charge on any atom is -0.379 e. The lowest BCUT2D eigenvalue weighted by molar-refractivity contribution is -0.00834. The van der Waals surface area contributed by atoms with E-state index in [4.69, 9.17) is 4.74 Å². The Hall–Kier alpha value is -1.43. The summed E-state index contributed by atoms with van der Waals surface area (Å²) in [6, 6.07) is 7.68. The lowest BCUT2D eigenvalue weighted by atomic mass is 10.0. The highest BCUT2D eigenvalue weighted by Crippen LogP contribution is 2.15. The Kier molecular flexibility index (Phi) is 12.3. The molecule has 1 saturated heterocycles. The molecule has 8 nitrogen and oxygen atoms in total. The summed E-state index contributed by atoms with van der Waals surface area (Å²) < 4.78 is 5.46. The smallest absolute Gasteiger partial charge is 0.251 e. The summed E-state index contributed by atoms with van der Waals surface area (Å²) in [5, 5.41) is 9.72. The van der Waals surface area contributed by atoms with E-state index < -0.39 is 0 Å². The largest absolute Gasteiger partial charge is 0.379 e. The number of aliphatic imine (C=N–C) groups is 1. The van der Waals surface area contributed by atoms with Crippen molar-refractivity contribution in [2.75, 3.05) is 67.1 Å². The fraction of sp³-hybridized carbons (Fsp3) is 0.636. The maximum Gasteiger partial charge on any atom is 0.251 e. The standard InChI is InChI=1S/C22H38N6O2.HI/c1-22(2,28-11-13-30-14-12-28)17-26-21(23-3)25-16-18-7-6-8-19(15-18)20(29)24-9-10-27(4)5;/h6-8,15H,9-14,16-17H2,1-5H3,(H,24,29)(H2,23,25,26);1H. The molecular formula is C22H39IN6O2. The first-order valence-electron chi connectivity index (χ1n) is 10.6. The Morgan fingerprint density at radius 3 is 2.55 bits per heavy atom. The molecule has 2 rings (SSSR count). The maximum absolute atomic E-state index is 12.3. The van der Waals surface area contributed by atoms with Crippen LogP contribution in [0.3, 0.4) is 0 Å². The molecule has 31 heavy (non-hydrogen) atoms. The number of hydrogen-bond acceptors (Lipinski definition) is 5. The van der Waals surface area contributed by atoms with Gasteiger partial charge in [0.25, 0.3) is 5.91 Å². The van der Waals surface area contributed by atoms with Crippen LogP contribution in [0.5, 0.6) is 0 Å². The first-order chi connectivity index (χ1) is 14.3. The first-order valence-corrected chi connectivity index (χ1v) is 10.6. The first kappa shape index (κ1) is 27.6. The summed E-state index contributed by atoms with van der Waals surface area (Å²) in [7, 11) is 5.74. The molecular weight excluding hydrogens is 507 g/mol. The van der Waals surface area contributed by atoms with Crippen LogP contribution in [-0.4, -0.2) is 94.3 Å². The van der Waals surface area contributed by atoms with Crippen LogP contribution in [0, 0.1) is 0 Å². The van der Waals surface area contributed by atoms with Gasteiger partial charge >= 0.3 is 0 Å². The van der Waals surface area contributed by atoms with Crippen LogP contribution in [0.1, 0.15) is 29.8 Å². The predicted octanol–water partition coefficient (Wildman–Crippen LogP) is 1.37. The van der Waals surface area contributed by atoms with Crippen molar-refractivity contribution in [3.8, 4) is 0 Å². The highest BCUT2D eigenvalue weighted by molar-refractivity contribution is 14.0. The van der Waals surface area contributed by atoms with Crippen molar-refractivity contribution in [1.82, 2.24) is 25.8 Å². The van der Waals surface area contributed by atoms with Crippen molar-refractivity contribution in [3.05, 3.63) is 35.4 Å². The molecule has 3 N–H and O–H groups in total. The number of morpholine rings is 1. The van der Waals surface area contributed by atoms with Crippen molar-refractivity contribution < 1.29 is 9.53 Å². The van der Waals surface area contributed by atoms with Crippen LogP contribution in [0.2, 0.25) is 0 Å². The topological polar surface area (TPSA) is 81.2 Å². The van der Waals surface area contributed by atoms with Gasteiger partial charge in [0.1, 0.15) is 0 Å². The summed E-state index contributed by atoms with van der Waals surface area (Å²) in [6.45, 7) is 10.8. The second-order valence-corrected chi connectivity index (χ2v) is 8.45. The Morgan fingerprint density at radius 2 is 1.90 bits per heavy atom. The third-order valence-electron chi connectivity index (χ3n) is 5.27. The average molecular weight is 546 g/mol. The minimum atomic E-state index is -0.0477. The van der Waals surface area contributed by atoms with Gasteiger partial charge in [-0.3, -0.25) is 14.7 Å². The molecule has 0 aliphatic carbocycles. The number of hydrogen-bond donors (Lipinski definition) is 3. The molecule has 0 atom stereocenters. The van der Waals surface area contributed by atoms with Crippen molar-refractivity contribution in [1.29, 1.82) is 0 Å². The van der Waals surface area contributed by atoms with E-state index in [1.54, 1.807) is 7.05 Å². The van der Waals surface area contributed by atoms with E-state index in [-0.39, 0.29) is 35.4 Å². The number of carbonyl (C=O) groups excluding carboxylic acids is 1. The van der Waals surface area contributed by atoms with Gasteiger partial charge in [-0.05, 0) is 45.6 Å². The summed E-state index contributed by atoms with van der Waals surface area (Å²) >= 11 is 0. The van der Waals surface area contributed by atoms with Crippen LogP contribution in [0.25, 0.3) is 0 Å². The predicted molar refractivity (Wildman–Crippen MR) is 137 cm³/mol. The molecule has 0 bridgehead atoms. The van der Waals surface area contributed by atoms with E-state index in [9.17, 15) is 4.79 Å². The van der Waals surface area contributed by atoms with Crippen LogP contribution in [0.15, 0.2) is 29.3 Å². The van der Waals surface area contributed by atoms with Gasteiger partial charge in [-0.15, -0.1) is 24.0 Å². The van der Waals surface area contributed by atoms with Crippen molar-refractivity contribution >= 4 is 35.8 Å². The van der Waals surface area contributed by atoms with E-state index in [1.165, 1.54) is 0 Å². The molecule has 1 aromatic rings. The highest BCUT2D eigenvalue weighted by Gasteiger charge is 2.28. The van der Waals surface area contributed by atoms with E-state index in [0.717, 1.165) is 50.9 Å². The number of rotatable bonds is 9. The quantitative estimate of drug-likeness (QED) is 0.247. The number of nitrogens with one attached hydrogen (secondary N) is 3. The van der Waals surface area contributed by atoms with Crippen LogP contribution in [0.4, 0.5) is 0 Å². The molecule has 1 aliphatic heterocycles. The van der Waals surface area contributed by atoms with Gasteiger partial charge in [-0.1, -0.05) is 12.1 Å². The van der Waals surface area contributed by atoms with E-state index in [1.807, 2.05) is 43.3 Å². The zero-order valence-electron chi connectivity index (χ0n) is 19.5. The fourth-order valence-corrected chi connectivity index (χ4v) is 3.30. The third-order valence-corrected chi connectivity index (χ3v) is 5.27. The van der Waals surface area contributed by atoms with Gasteiger partial charge in [0.2, 0.25) is 0 Å². The number of ether oxygens (including phenoxy) is 1. The second-order valence-electron chi connectivity index (χ2n) is 8.45. The van der Waals surface area contributed by atoms with Crippen LogP contribution >= 0.6 is 24.0 Å². The molecule has 0 saturated carbocycles. The molecule has 0 unspecified atom stereocenters. The lowest BCUT2D eigenvalue weighted by Crippen LogP contribution is -2.56. The van der Waals surface area contributed by atoms with E-state index >= 15 is 0 Å². The zero-order chi connectivity index (χ0) is 22.0. The van der Waals surface area contributed by atoms with Crippen LogP contribution in [-0.2, 0) is 11.3 Å². The third kappa shape index (κ3) is 9.71. The Balaban J connectivity index is 0.00000480. The molecule has 1 amide bonds. The minimum absolute atomic E-state index is 0. The monoisotopic (exact) mass is 546 g/mol. The molecule has 0 aromatic heterocycles. The van der Waals surface area contributed by atoms with Gasteiger partial charge < -0.3 is 25.6 Å². The van der Waals surface area contributed by atoms with Crippen molar-refractivity contribution in [2.24, 2.45) is 4.99 Å². The molecule has 9 heteroatoms. The number of nitrogens with zero attached hydrogens (tertiary/aromatic N) is 3.